The van der Waals surface area contributed by atoms with Crippen molar-refractivity contribution in [3.8, 4) is 0 Å². The van der Waals surface area contributed by atoms with Crippen molar-refractivity contribution < 1.29 is 69.0 Å². The van der Waals surface area contributed by atoms with Gasteiger partial charge in [-0.25, -0.2) is 9.59 Å². The molecule has 20 heteroatoms. The molecule has 10 atom stereocenters. The number of nitrogens with one attached hydrogen (secondary N) is 1. The van der Waals surface area contributed by atoms with Crippen LogP contribution in [0.4, 0.5) is 0 Å². The highest BCUT2D eigenvalue weighted by atomic mass is 33.1. The standard InChI is InChI=1S/C38H56N4O14S2/c1-4-24-25-10-9-21-13-42(14-26(33(47)48)30(21)41-37(39)40-11-6-12-43)23(15-44)19-58-57-18-22-7-5-8-28(22)54-34(49)27(25)17-52-35(24)56-36-32(53-20(2)3)38(50,51)31(46)29(16-45)55-36/h4,9-10,14,17,20,22-25,28-29,31-32,35-36,43-46,50-51H,1,5-8,11-13,15-16,18-19H2,2-3H3,(H,47,48)(H3,39,40,41)/b10-9+/t22-,23+,24+,25-,28-,29+,31+,32-,35-,36-/m0/s1. The van der Waals surface area contributed by atoms with Gasteiger partial charge in [-0.2, -0.15) is 0 Å². The molecule has 0 unspecified atom stereocenters. The topological polar surface area (TPSA) is 276 Å². The Hall–Kier alpha value is -3.15. The highest BCUT2D eigenvalue weighted by Crippen LogP contribution is 2.41. The van der Waals surface area contributed by atoms with Gasteiger partial charge in [0.05, 0.1) is 54.4 Å². The molecule has 10 N–H and O–H groups in total. The Labute approximate surface area is 344 Å². The number of aliphatic imine (C=N–C) groups is 1. The number of carboxylic acids is 1. The molecule has 58 heavy (non-hydrogen) atoms. The van der Waals surface area contributed by atoms with Crippen molar-refractivity contribution in [1.29, 1.82) is 0 Å². The number of nitrogens with two attached hydrogens (primary N) is 1. The largest absolute Gasteiger partial charge is 0.478 e. The first-order chi connectivity index (χ1) is 27.7. The molecule has 18 nitrogen and oxygen atoms in total. The molecule has 5 aliphatic rings. The van der Waals surface area contributed by atoms with Gasteiger partial charge in [0, 0.05) is 49.2 Å². The number of guanidine groups is 1. The molecule has 0 aromatic heterocycles. The lowest BCUT2D eigenvalue weighted by molar-refractivity contribution is -0.413. The van der Waals surface area contributed by atoms with E-state index < -0.39 is 79.2 Å². The summed E-state index contributed by atoms with van der Waals surface area (Å²) in [6.45, 7) is 6.36. The quantitative estimate of drug-likeness (QED) is 0.0239. The lowest BCUT2D eigenvalue weighted by Gasteiger charge is -2.48. The maximum absolute atomic E-state index is 14.1. The van der Waals surface area contributed by atoms with E-state index in [0.717, 1.165) is 12.8 Å². The number of nitrogens with zero attached hydrogens (tertiary/aromatic N) is 2. The summed E-state index contributed by atoms with van der Waals surface area (Å²) in [6.07, 6.45) is 1.09. The van der Waals surface area contributed by atoms with Crippen LogP contribution in [0.3, 0.4) is 0 Å². The molecule has 0 amide bonds. The number of hydrogen-bond acceptors (Lipinski definition) is 17. The molecule has 1 saturated carbocycles. The minimum atomic E-state index is -2.92. The lowest BCUT2D eigenvalue weighted by Crippen LogP contribution is -2.69. The van der Waals surface area contributed by atoms with E-state index in [4.69, 9.17) is 29.4 Å². The molecule has 0 radical (unpaired) electrons. The summed E-state index contributed by atoms with van der Waals surface area (Å²) in [7, 11) is 3.14. The predicted molar refractivity (Wildman–Crippen MR) is 213 cm³/mol. The Bertz CT molecular complexity index is 1620. The van der Waals surface area contributed by atoms with Crippen LogP contribution < -0.4 is 11.1 Å². The number of carboxylic acid groups (broad SMARTS) is 1. The highest BCUT2D eigenvalue weighted by Gasteiger charge is 2.57. The Kier molecular flexibility index (Phi) is 16.5. The van der Waals surface area contributed by atoms with Gasteiger partial charge in [-0.3, -0.25) is 4.99 Å². The van der Waals surface area contributed by atoms with Crippen LogP contribution in [0.25, 0.3) is 0 Å². The van der Waals surface area contributed by atoms with Crippen LogP contribution in [-0.2, 0) is 33.3 Å². The van der Waals surface area contributed by atoms with E-state index in [-0.39, 0.29) is 61.1 Å². The third kappa shape index (κ3) is 10.8. The van der Waals surface area contributed by atoms with Gasteiger partial charge in [-0.1, -0.05) is 39.8 Å². The molecule has 5 rings (SSSR count). The zero-order chi connectivity index (χ0) is 42.1. The summed E-state index contributed by atoms with van der Waals surface area (Å²) in [6, 6.07) is -0.474. The van der Waals surface area contributed by atoms with Gasteiger partial charge in [-0.05, 0) is 45.1 Å². The maximum atomic E-state index is 14.1. The first kappa shape index (κ1) is 45.9. The van der Waals surface area contributed by atoms with Gasteiger partial charge in [0.15, 0.2) is 18.4 Å². The third-order valence-electron chi connectivity index (χ3n) is 10.5. The average molecular weight is 857 g/mol. The zero-order valence-electron chi connectivity index (χ0n) is 32.5. The smallest absolute Gasteiger partial charge is 0.339 e. The Morgan fingerprint density at radius 1 is 1.19 bits per heavy atom. The number of aliphatic hydroxyl groups excluding tert-OH is 4. The van der Waals surface area contributed by atoms with Gasteiger partial charge in [0.2, 0.25) is 12.1 Å². The first-order valence-electron chi connectivity index (χ1n) is 19.3. The number of rotatable bonds is 12. The van der Waals surface area contributed by atoms with Crippen LogP contribution in [0.15, 0.2) is 64.7 Å². The van der Waals surface area contributed by atoms with E-state index in [1.54, 1.807) is 52.5 Å². The van der Waals surface area contributed by atoms with Gasteiger partial charge < -0.3 is 75.4 Å². The fourth-order valence-electron chi connectivity index (χ4n) is 7.41. The maximum Gasteiger partial charge on any atom is 0.339 e. The molecule has 2 bridgehead atoms. The second kappa shape index (κ2) is 20.9. The number of aliphatic hydroxyl groups is 6. The van der Waals surface area contributed by atoms with Crippen LogP contribution in [0, 0.1) is 17.8 Å². The van der Waals surface area contributed by atoms with Crippen LogP contribution in [0.1, 0.15) is 39.5 Å². The summed E-state index contributed by atoms with van der Waals surface area (Å²) in [5, 5.41) is 75.7. The summed E-state index contributed by atoms with van der Waals surface area (Å²) in [5.41, 5.74) is 6.64. The normalized spacial score (nSPS) is 33.9. The number of fused-ring (bicyclic) bond motifs is 4. The van der Waals surface area contributed by atoms with E-state index in [2.05, 4.69) is 16.9 Å². The zero-order valence-corrected chi connectivity index (χ0v) is 34.1. The van der Waals surface area contributed by atoms with E-state index >= 15 is 0 Å². The van der Waals surface area contributed by atoms with Crippen molar-refractivity contribution in [2.75, 3.05) is 44.4 Å². The second-order valence-electron chi connectivity index (χ2n) is 14.9. The van der Waals surface area contributed by atoms with Crippen LogP contribution in [-0.4, -0.2) is 158 Å². The van der Waals surface area contributed by atoms with Crippen molar-refractivity contribution in [3.05, 3.63) is 59.7 Å². The van der Waals surface area contributed by atoms with E-state index in [1.165, 1.54) is 18.5 Å². The monoisotopic (exact) mass is 856 g/mol. The van der Waals surface area contributed by atoms with E-state index in [9.17, 15) is 45.3 Å². The Balaban J connectivity index is 1.60. The van der Waals surface area contributed by atoms with Crippen LogP contribution in [0.2, 0.25) is 0 Å². The minimum absolute atomic E-state index is 0.0712. The fourth-order valence-corrected chi connectivity index (χ4v) is 10.2. The number of carbonyl (C=O) groups excluding carboxylic acids is 1. The van der Waals surface area contributed by atoms with Gasteiger partial charge >= 0.3 is 11.9 Å². The third-order valence-corrected chi connectivity index (χ3v) is 13.1. The number of hydrogen-bond donors (Lipinski definition) is 9. The molecule has 0 aromatic rings. The van der Waals surface area contributed by atoms with Gasteiger partial charge in [0.1, 0.15) is 18.3 Å². The molecule has 324 valence electrons. The van der Waals surface area contributed by atoms with E-state index in [0.29, 0.717) is 29.9 Å². The number of carbonyl (C=O) groups is 2. The lowest BCUT2D eigenvalue weighted by atomic mass is 9.83. The molecule has 0 spiro atoms. The molecule has 0 aromatic carbocycles. The SMILES string of the molecule is C=C[C@H]1[C@H](O[C@@H]2O[C@H](CO)[C@@H](O)C(O)(O)[C@H]2OC(C)C)OC=C2C(=O)O[C@H]3CCC[C@H]3CSSC[C@@H](CO)N3C=C(C(=O)O)C(NC(N)=NCCCO)=C(/C=C/[C@H]21)C3. The van der Waals surface area contributed by atoms with Crippen molar-refractivity contribution in [3.63, 3.8) is 0 Å². The van der Waals surface area contributed by atoms with E-state index in [1.807, 2.05) is 0 Å². The summed E-state index contributed by atoms with van der Waals surface area (Å²) in [5.74, 6) is -5.56. The molecule has 4 heterocycles. The highest BCUT2D eigenvalue weighted by molar-refractivity contribution is 8.76. The summed E-state index contributed by atoms with van der Waals surface area (Å²) in [4.78, 5) is 32.9. The molecule has 2 fully saturated rings. The Morgan fingerprint density at radius 2 is 1.95 bits per heavy atom. The van der Waals surface area contributed by atoms with Crippen LogP contribution >= 0.6 is 21.6 Å². The van der Waals surface area contributed by atoms with Crippen molar-refractivity contribution in [2.45, 2.75) is 94.5 Å². The molecule has 1 aliphatic carbocycles. The number of allylic oxidation sites excluding steroid dienone is 1. The van der Waals surface area contributed by atoms with Gasteiger partial charge in [0.25, 0.3) is 0 Å². The van der Waals surface area contributed by atoms with Crippen molar-refractivity contribution in [1.82, 2.24) is 10.2 Å². The van der Waals surface area contributed by atoms with Gasteiger partial charge in [-0.15, -0.1) is 6.58 Å². The summed E-state index contributed by atoms with van der Waals surface area (Å²) < 4.78 is 29.9. The molecular weight excluding hydrogens is 801 g/mol. The predicted octanol–water partition coefficient (Wildman–Crippen LogP) is 0.0631. The van der Waals surface area contributed by atoms with Crippen LogP contribution in [0.5, 0.6) is 0 Å². The first-order valence-corrected chi connectivity index (χ1v) is 21.8. The average Bonchev–Trinajstić information content (AvgIpc) is 3.63. The molecular formula is C38H56N4O14S2. The number of ether oxygens (including phenoxy) is 5. The summed E-state index contributed by atoms with van der Waals surface area (Å²) >= 11 is 0. The second-order valence-corrected chi connectivity index (χ2v) is 17.5. The number of esters is 1. The number of aliphatic carboxylic acids is 1. The fraction of sp³-hybridized carbons (Fsp3) is 0.658. The molecule has 1 saturated heterocycles. The minimum Gasteiger partial charge on any atom is -0.478 e. The van der Waals surface area contributed by atoms with Crippen molar-refractivity contribution in [2.24, 2.45) is 28.5 Å². The van der Waals surface area contributed by atoms with Crippen molar-refractivity contribution >= 4 is 39.5 Å². The molecule has 4 aliphatic heterocycles. The Morgan fingerprint density at radius 3 is 2.62 bits per heavy atom.